The molecule has 174 valence electrons. The van der Waals surface area contributed by atoms with Crippen molar-refractivity contribution in [1.82, 2.24) is 15.2 Å². The fourth-order valence-corrected chi connectivity index (χ4v) is 4.31. The molecule has 5 rings (SSSR count). The Morgan fingerprint density at radius 2 is 1.82 bits per heavy atom. The van der Waals surface area contributed by atoms with Gasteiger partial charge in [0.1, 0.15) is 0 Å². The predicted molar refractivity (Wildman–Crippen MR) is 136 cm³/mol. The van der Waals surface area contributed by atoms with Crippen molar-refractivity contribution in [3.8, 4) is 0 Å². The number of hydrogen-bond donors (Lipinski definition) is 2. The van der Waals surface area contributed by atoms with E-state index >= 15 is 0 Å². The smallest absolute Gasteiger partial charge is 0.383 e. The molecule has 0 saturated carbocycles. The van der Waals surface area contributed by atoms with Gasteiger partial charge in [-0.3, -0.25) is 4.98 Å². The van der Waals surface area contributed by atoms with Gasteiger partial charge in [0.2, 0.25) is 0 Å². The summed E-state index contributed by atoms with van der Waals surface area (Å²) >= 11 is 6.06. The van der Waals surface area contributed by atoms with E-state index in [2.05, 4.69) is 44.8 Å². The molecule has 1 aliphatic heterocycles. The Kier molecular flexibility index (Phi) is 10.5. The van der Waals surface area contributed by atoms with Crippen molar-refractivity contribution >= 4 is 28.2 Å². The van der Waals surface area contributed by atoms with Crippen molar-refractivity contribution in [3.05, 3.63) is 95.6 Å². The molecule has 4 nitrogen and oxygen atoms in total. The van der Waals surface area contributed by atoms with Crippen LogP contribution >= 0.6 is 11.6 Å². The number of pyridine rings is 1. The van der Waals surface area contributed by atoms with Crippen LogP contribution in [0.4, 0.5) is 5.69 Å². The quantitative estimate of drug-likeness (QED) is 0.194. The van der Waals surface area contributed by atoms with Crippen LogP contribution in [0.15, 0.2) is 85.1 Å². The van der Waals surface area contributed by atoms with Crippen LogP contribution in [-0.4, -0.2) is 42.1 Å². The predicted octanol–water partition coefficient (Wildman–Crippen LogP) is 5.68. The third-order valence-electron chi connectivity index (χ3n) is 5.86. The summed E-state index contributed by atoms with van der Waals surface area (Å²) in [5.41, 5.74) is 3.47. The van der Waals surface area contributed by atoms with Crippen molar-refractivity contribution < 1.29 is 17.1 Å². The van der Waals surface area contributed by atoms with Crippen molar-refractivity contribution in [2.24, 2.45) is 0 Å². The molecule has 4 aromatic rings. The van der Waals surface area contributed by atoms with E-state index in [0.717, 1.165) is 41.2 Å². The van der Waals surface area contributed by atoms with Gasteiger partial charge in [-0.05, 0) is 56.7 Å². The Balaban J connectivity index is 0.000000453. The summed E-state index contributed by atoms with van der Waals surface area (Å²) in [5.74, 6) is 0. The van der Waals surface area contributed by atoms with E-state index in [1.807, 2.05) is 60.8 Å². The first-order valence-corrected chi connectivity index (χ1v) is 11.8. The fourth-order valence-electron chi connectivity index (χ4n) is 4.14. The fraction of sp³-hybridized carbons (Fsp3) is 0.296. The molecule has 2 heterocycles. The third kappa shape index (κ3) is 7.99. The van der Waals surface area contributed by atoms with Gasteiger partial charge in [0.25, 0.3) is 0 Å². The third-order valence-corrected chi connectivity index (χ3v) is 6.09. The number of likely N-dealkylation sites (tertiary alicyclic amines) is 1. The first-order valence-electron chi connectivity index (χ1n) is 11.4. The van der Waals surface area contributed by atoms with Gasteiger partial charge in [0.05, 0.1) is 5.52 Å². The van der Waals surface area contributed by atoms with E-state index in [0.29, 0.717) is 6.04 Å². The molecule has 0 unspecified atom stereocenters. The first kappa shape index (κ1) is 25.5. The zero-order valence-electron chi connectivity index (χ0n) is 18.7. The average molecular weight is 503 g/mol. The van der Waals surface area contributed by atoms with Crippen LogP contribution in [0.5, 0.6) is 0 Å². The molecule has 0 bridgehead atoms. The molecule has 2 N–H and O–H groups in total. The van der Waals surface area contributed by atoms with Crippen LogP contribution in [0.1, 0.15) is 18.4 Å². The molecule has 0 amide bonds. The molecule has 1 saturated heterocycles. The van der Waals surface area contributed by atoms with Gasteiger partial charge in [-0.15, -0.1) is 0 Å². The Hall–Kier alpha value is -2.14. The molecule has 0 aliphatic carbocycles. The number of piperidine rings is 1. The maximum Gasteiger partial charge on any atom is 2.00 e. The summed E-state index contributed by atoms with van der Waals surface area (Å²) < 4.78 is 0. The Morgan fingerprint density at radius 1 is 1.00 bits per heavy atom. The van der Waals surface area contributed by atoms with E-state index in [1.165, 1.54) is 31.5 Å². The monoisotopic (exact) mass is 502 g/mol. The molecule has 0 atom stereocenters. The standard InChI is InChI=1S/C22H26ClN4.C5H5.Fe/c23-18-5-6-20-21(7-10-25-22(20)15-18)26-12-11-24-19-8-13-27(14-9-19)16-17-3-1-2-4-17;1-2-4-5-3-1;/h1-7,10,15,19,24H,8-9,11-14,16H2,(H,25,26);1-5H;/q2*-1;+2. The summed E-state index contributed by atoms with van der Waals surface area (Å²) in [7, 11) is 0. The van der Waals surface area contributed by atoms with Crippen LogP contribution in [0.2, 0.25) is 5.02 Å². The second kappa shape index (κ2) is 13.5. The van der Waals surface area contributed by atoms with E-state index in [1.54, 1.807) is 0 Å². The van der Waals surface area contributed by atoms with Gasteiger partial charge >= 0.3 is 17.1 Å². The summed E-state index contributed by atoms with van der Waals surface area (Å²) in [6, 6.07) is 27.2. The second-order valence-electron chi connectivity index (χ2n) is 8.21. The second-order valence-corrected chi connectivity index (χ2v) is 8.64. The van der Waals surface area contributed by atoms with Crippen molar-refractivity contribution in [3.63, 3.8) is 0 Å². The molecule has 0 radical (unpaired) electrons. The Bertz CT molecular complexity index is 1020. The Morgan fingerprint density at radius 3 is 2.52 bits per heavy atom. The summed E-state index contributed by atoms with van der Waals surface area (Å²) in [4.78, 5) is 6.95. The first-order chi connectivity index (χ1) is 15.8. The number of hydrogen-bond acceptors (Lipinski definition) is 4. The van der Waals surface area contributed by atoms with Gasteiger partial charge in [-0.25, -0.2) is 18.2 Å². The largest absolute Gasteiger partial charge is 2.00 e. The van der Waals surface area contributed by atoms with Gasteiger partial charge in [-0.2, -0.15) is 42.0 Å². The molecule has 1 fully saturated rings. The molecule has 0 spiro atoms. The van der Waals surface area contributed by atoms with Crippen LogP contribution in [-0.2, 0) is 23.6 Å². The number of rotatable bonds is 7. The molecular weight excluding hydrogens is 472 g/mol. The van der Waals surface area contributed by atoms with E-state index in [4.69, 9.17) is 11.6 Å². The average Bonchev–Trinajstić information content (AvgIpc) is 3.55. The molecule has 1 aromatic heterocycles. The minimum atomic E-state index is 0. The van der Waals surface area contributed by atoms with E-state index < -0.39 is 0 Å². The SMILES string of the molecule is Clc1ccc2c(NCCNC3CCN(Cc4cc[cH-]c4)CC3)ccnc2c1.[Fe+2].c1cc[cH-]c1. The maximum absolute atomic E-state index is 6.06. The number of halogens is 1. The zero-order chi connectivity index (χ0) is 22.0. The normalized spacial score (nSPS) is 14.3. The topological polar surface area (TPSA) is 40.2 Å². The molecule has 33 heavy (non-hydrogen) atoms. The molecule has 6 heteroatoms. The van der Waals surface area contributed by atoms with Crippen molar-refractivity contribution in [2.45, 2.75) is 25.4 Å². The van der Waals surface area contributed by atoms with Gasteiger partial charge < -0.3 is 15.5 Å². The van der Waals surface area contributed by atoms with Crippen LogP contribution in [0.3, 0.4) is 0 Å². The summed E-state index contributed by atoms with van der Waals surface area (Å²) in [6.45, 7) is 5.29. The molecule has 3 aromatic carbocycles. The number of fused-ring (bicyclic) bond motifs is 1. The van der Waals surface area contributed by atoms with E-state index in [9.17, 15) is 0 Å². The minimum absolute atomic E-state index is 0. The van der Waals surface area contributed by atoms with E-state index in [-0.39, 0.29) is 17.1 Å². The Labute approximate surface area is 212 Å². The summed E-state index contributed by atoms with van der Waals surface area (Å²) in [6.07, 6.45) is 4.27. The number of nitrogens with zero attached hydrogens (tertiary/aromatic N) is 2. The molecule has 1 aliphatic rings. The van der Waals surface area contributed by atoms with Gasteiger partial charge in [0.15, 0.2) is 0 Å². The van der Waals surface area contributed by atoms with Crippen LogP contribution in [0.25, 0.3) is 10.9 Å². The van der Waals surface area contributed by atoms with Crippen molar-refractivity contribution in [2.75, 3.05) is 31.5 Å². The zero-order valence-corrected chi connectivity index (χ0v) is 20.6. The minimum Gasteiger partial charge on any atom is -0.383 e. The number of anilines is 1. The van der Waals surface area contributed by atoms with Gasteiger partial charge in [0, 0.05) is 41.4 Å². The number of aromatic nitrogens is 1. The number of benzene rings is 1. The van der Waals surface area contributed by atoms with Crippen molar-refractivity contribution in [1.29, 1.82) is 0 Å². The van der Waals surface area contributed by atoms with Crippen LogP contribution in [0, 0.1) is 0 Å². The van der Waals surface area contributed by atoms with Gasteiger partial charge in [-0.1, -0.05) is 11.6 Å². The summed E-state index contributed by atoms with van der Waals surface area (Å²) in [5, 5.41) is 9.07. The van der Waals surface area contributed by atoms with Crippen LogP contribution < -0.4 is 10.6 Å². The maximum atomic E-state index is 6.06. The number of nitrogens with one attached hydrogen (secondary N) is 2. The molecular formula is C27H31ClFeN4.